The van der Waals surface area contributed by atoms with Gasteiger partial charge in [0.25, 0.3) is 0 Å². The second-order valence-corrected chi connectivity index (χ2v) is 20.7. The van der Waals surface area contributed by atoms with Crippen molar-refractivity contribution >= 4 is 29.9 Å². The van der Waals surface area contributed by atoms with Gasteiger partial charge in [0, 0.05) is 13.1 Å². The van der Waals surface area contributed by atoms with Gasteiger partial charge in [-0.1, -0.05) is 202 Å². The molecular weight excluding hydrogens is 965 g/mol. The number of carboxylic acid groups (broad SMARTS) is 1. The molecule has 11 nitrogen and oxygen atoms in total. The number of benzene rings is 6. The van der Waals surface area contributed by atoms with Crippen LogP contribution in [0.1, 0.15) is 125 Å². The summed E-state index contributed by atoms with van der Waals surface area (Å²) in [6, 6.07) is 58.1. The number of carbonyl (C=O) groups is 5. The second-order valence-electron chi connectivity index (χ2n) is 20.7. The Hall–Kier alpha value is -7.53. The van der Waals surface area contributed by atoms with Gasteiger partial charge in [0.15, 0.2) is 0 Å². The normalized spacial score (nSPS) is 16.7. The van der Waals surface area contributed by atoms with Crippen molar-refractivity contribution in [2.45, 2.75) is 122 Å². The molecule has 6 aromatic carbocycles. The molecule has 2 saturated heterocycles. The monoisotopic (exact) mass is 1040 g/mol. The van der Waals surface area contributed by atoms with Gasteiger partial charge in [-0.25, -0.2) is 14.4 Å². The number of aryl methyl sites for hydroxylation is 2. The minimum absolute atomic E-state index is 0. The van der Waals surface area contributed by atoms with Crippen LogP contribution in [0.15, 0.2) is 182 Å². The van der Waals surface area contributed by atoms with Crippen molar-refractivity contribution < 1.29 is 43.3 Å². The smallest absolute Gasteiger partial charge is 0.411 e. The van der Waals surface area contributed by atoms with Crippen LogP contribution in [0.3, 0.4) is 0 Å². The number of rotatable bonds is 18. The summed E-state index contributed by atoms with van der Waals surface area (Å²) in [7, 11) is 2.77. The summed E-state index contributed by atoms with van der Waals surface area (Å²) in [5, 5.41) is 9.28. The maximum Gasteiger partial charge on any atom is 0.411 e. The Morgan fingerprint density at radius 2 is 0.818 bits per heavy atom. The van der Waals surface area contributed by atoms with Crippen LogP contribution in [0.25, 0.3) is 0 Å². The third kappa shape index (κ3) is 18.6. The van der Waals surface area contributed by atoms with Crippen molar-refractivity contribution in [2.75, 3.05) is 27.3 Å². The largest absolute Gasteiger partial charge is 0.481 e. The molecule has 0 radical (unpaired) electrons. The Labute approximate surface area is 457 Å². The van der Waals surface area contributed by atoms with Crippen LogP contribution >= 0.6 is 0 Å². The van der Waals surface area contributed by atoms with E-state index in [1.54, 1.807) is 9.80 Å². The van der Waals surface area contributed by atoms with Crippen molar-refractivity contribution in [1.29, 1.82) is 0 Å². The fraction of sp³-hybridized carbons (Fsp3) is 0.379. The first-order chi connectivity index (χ1) is 36.8. The van der Waals surface area contributed by atoms with Crippen LogP contribution in [0.5, 0.6) is 0 Å². The fourth-order valence-corrected chi connectivity index (χ4v) is 10.3. The van der Waals surface area contributed by atoms with Gasteiger partial charge >= 0.3 is 24.0 Å². The predicted octanol–water partition coefficient (Wildman–Crippen LogP) is 13.4. The number of aliphatic carboxylic acids is 1. The zero-order chi connectivity index (χ0) is 54.3. The molecule has 8 rings (SSSR count). The molecule has 2 fully saturated rings. The van der Waals surface area contributed by atoms with E-state index in [1.165, 1.54) is 25.3 Å². The van der Waals surface area contributed by atoms with Gasteiger partial charge in [-0.05, 0) is 117 Å². The molecule has 2 amide bonds. The number of carboxylic acids is 1. The highest BCUT2D eigenvalue weighted by Crippen LogP contribution is 2.35. The number of likely N-dealkylation sites (tertiary alicyclic amines) is 2. The molecule has 6 aromatic rings. The third-order valence-electron chi connectivity index (χ3n) is 14.0. The molecule has 11 heteroatoms. The lowest BCUT2D eigenvalue weighted by molar-refractivity contribution is -0.151. The molecule has 2 aliphatic rings. The quantitative estimate of drug-likeness (QED) is 0.0506. The second kappa shape index (κ2) is 30.9. The predicted molar refractivity (Wildman–Crippen MR) is 304 cm³/mol. The van der Waals surface area contributed by atoms with E-state index in [4.69, 9.17) is 14.2 Å². The van der Waals surface area contributed by atoms with Crippen molar-refractivity contribution in [1.82, 2.24) is 9.80 Å². The zero-order valence-corrected chi connectivity index (χ0v) is 44.9. The molecule has 0 aromatic heterocycles. The molecule has 408 valence electrons. The number of nitrogens with zero attached hydrogens (tertiary/aromatic N) is 2. The maximum absolute atomic E-state index is 14.0. The third-order valence-corrected chi connectivity index (χ3v) is 14.0. The van der Waals surface area contributed by atoms with Gasteiger partial charge in [-0.2, -0.15) is 0 Å². The van der Waals surface area contributed by atoms with E-state index in [0.29, 0.717) is 37.8 Å². The number of amides is 2. The van der Waals surface area contributed by atoms with Crippen LogP contribution in [-0.4, -0.2) is 89.8 Å². The molecule has 2 aliphatic heterocycles. The fourth-order valence-electron chi connectivity index (χ4n) is 10.3. The van der Waals surface area contributed by atoms with E-state index in [1.807, 2.05) is 154 Å². The first-order valence-electron chi connectivity index (χ1n) is 26.7. The standard InChI is InChI=1S/C30H33NO3.C21H31NO4.C14H12O2.CH4/c1-34-30(33)27-21-24(16-12-11-15-23-13-5-2-6-14-23)22-31(27)29(32)28(25-17-7-3-8-18-25)26-19-9-4-10-20-26;1-21(2,3)26-20(24)22-15-17(14-18(22)19(23)25-4)13-9-8-12-16-10-6-5-7-11-16;15-14(16)13(11-7-3-1-4-8-11)12-9-5-2-6-10-12;/h2-10,13-14,17-20,24,27-28H,11-12,15-16,21-22H2,1H3;5-7,10-11,17-18H,8-9,12-15H2,1-4H3;1-10,13H,(H,15,16);1H4/t24-,27-;17-,18-;;/m00../s1. The Balaban J connectivity index is 0.000000225. The highest BCUT2D eigenvalue weighted by atomic mass is 16.6. The van der Waals surface area contributed by atoms with Crippen molar-refractivity contribution in [3.63, 3.8) is 0 Å². The molecule has 77 heavy (non-hydrogen) atoms. The Bertz CT molecular complexity index is 2600. The number of unbranched alkanes of at least 4 members (excludes halogenated alkanes) is 2. The summed E-state index contributed by atoms with van der Waals surface area (Å²) in [4.78, 5) is 65.8. The van der Waals surface area contributed by atoms with Gasteiger partial charge in [-0.15, -0.1) is 0 Å². The first kappa shape index (κ1) is 60.3. The van der Waals surface area contributed by atoms with E-state index < -0.39 is 41.6 Å². The molecular formula is C66H80N2O9. The van der Waals surface area contributed by atoms with Gasteiger partial charge in [0.1, 0.15) is 23.6 Å². The molecule has 1 N–H and O–H groups in total. The number of esters is 2. The van der Waals surface area contributed by atoms with Crippen molar-refractivity contribution in [2.24, 2.45) is 11.8 Å². The number of ether oxygens (including phenoxy) is 3. The topological polar surface area (TPSA) is 140 Å². The van der Waals surface area contributed by atoms with E-state index >= 15 is 0 Å². The van der Waals surface area contributed by atoms with Gasteiger partial charge < -0.3 is 24.2 Å². The zero-order valence-electron chi connectivity index (χ0n) is 44.9. The number of methoxy groups -OCH3 is 2. The summed E-state index contributed by atoms with van der Waals surface area (Å²) < 4.78 is 15.5. The van der Waals surface area contributed by atoms with Crippen LogP contribution in [0.2, 0.25) is 0 Å². The molecule has 0 saturated carbocycles. The van der Waals surface area contributed by atoms with E-state index in [-0.39, 0.29) is 25.3 Å². The Morgan fingerprint density at radius 1 is 0.494 bits per heavy atom. The SMILES string of the molecule is C.COC(=O)[C@@H]1C[C@H](CCCCc2ccccc2)CN1C(=O)C(c1ccccc1)c1ccccc1.COC(=O)[C@@H]1C[C@H](CCCCc2ccccc2)CN1C(=O)OC(C)(C)C.O=C(O)C(c1ccccc1)c1ccccc1. The Kier molecular flexibility index (Phi) is 24.2. The van der Waals surface area contributed by atoms with Crippen LogP contribution in [0, 0.1) is 11.8 Å². The summed E-state index contributed by atoms with van der Waals surface area (Å²) in [6.45, 7) is 6.64. The van der Waals surface area contributed by atoms with E-state index in [0.717, 1.165) is 73.6 Å². The summed E-state index contributed by atoms with van der Waals surface area (Å²) in [6.07, 6.45) is 9.38. The van der Waals surface area contributed by atoms with Gasteiger partial charge in [0.2, 0.25) is 5.91 Å². The van der Waals surface area contributed by atoms with Gasteiger partial charge in [-0.3, -0.25) is 14.5 Å². The molecule has 0 unspecified atom stereocenters. The highest BCUT2D eigenvalue weighted by Gasteiger charge is 2.43. The van der Waals surface area contributed by atoms with E-state index in [2.05, 4.69) is 48.5 Å². The Morgan fingerprint density at radius 3 is 1.16 bits per heavy atom. The summed E-state index contributed by atoms with van der Waals surface area (Å²) in [5.41, 5.74) is 5.61. The minimum atomic E-state index is -0.822. The molecule has 0 aliphatic carbocycles. The van der Waals surface area contributed by atoms with Crippen LogP contribution in [-0.2, 0) is 46.2 Å². The lowest BCUT2D eigenvalue weighted by atomic mass is 9.90. The first-order valence-corrected chi connectivity index (χ1v) is 26.7. The summed E-state index contributed by atoms with van der Waals surface area (Å²) >= 11 is 0. The average Bonchev–Trinajstić information content (AvgIpc) is 4.09. The lowest BCUT2D eigenvalue weighted by Gasteiger charge is -2.28. The van der Waals surface area contributed by atoms with Crippen molar-refractivity contribution in [3.8, 4) is 0 Å². The maximum atomic E-state index is 14.0. The van der Waals surface area contributed by atoms with Crippen LogP contribution < -0.4 is 0 Å². The van der Waals surface area contributed by atoms with Gasteiger partial charge in [0.05, 0.1) is 20.1 Å². The number of hydrogen-bond acceptors (Lipinski definition) is 8. The molecule has 0 bridgehead atoms. The van der Waals surface area contributed by atoms with Crippen LogP contribution in [0.4, 0.5) is 4.79 Å². The van der Waals surface area contributed by atoms with E-state index in [9.17, 15) is 29.1 Å². The number of carbonyl (C=O) groups excluding carboxylic acids is 4. The molecule has 4 atom stereocenters. The number of hydrogen-bond donors (Lipinski definition) is 1. The van der Waals surface area contributed by atoms with Crippen molar-refractivity contribution in [3.05, 3.63) is 215 Å². The molecule has 0 spiro atoms. The minimum Gasteiger partial charge on any atom is -0.481 e. The molecule has 2 heterocycles. The summed E-state index contributed by atoms with van der Waals surface area (Å²) in [5.74, 6) is -1.94. The average molecular weight is 1050 g/mol. The highest BCUT2D eigenvalue weighted by molar-refractivity contribution is 5.91. The lowest BCUT2D eigenvalue weighted by Crippen LogP contribution is -2.43.